The highest BCUT2D eigenvalue weighted by Crippen LogP contribution is 2.15. The number of aliphatic imine (C=N–C) groups is 1. The van der Waals surface area contributed by atoms with E-state index in [-0.39, 0.29) is 5.02 Å². The fourth-order valence-corrected chi connectivity index (χ4v) is 1.23. The van der Waals surface area contributed by atoms with Gasteiger partial charge in [-0.25, -0.2) is 10.2 Å². The number of hydrazine groups is 1. The molecule has 4 nitrogen and oxygen atoms in total. The molecule has 0 amide bonds. The summed E-state index contributed by atoms with van der Waals surface area (Å²) in [6.45, 7) is 0.469. The maximum absolute atomic E-state index is 12.8. The molecule has 0 unspecified atom stereocenters. The van der Waals surface area contributed by atoms with Crippen LogP contribution in [-0.2, 0) is 6.54 Å². The number of hydrogen-bond donors (Lipinski definition) is 3. The number of hydrogen-bond acceptors (Lipinski definition) is 2. The van der Waals surface area contributed by atoms with Crippen LogP contribution >= 0.6 is 11.6 Å². The molecule has 0 heterocycles. The lowest BCUT2D eigenvalue weighted by Crippen LogP contribution is -2.40. The zero-order valence-corrected chi connectivity index (χ0v) is 8.98. The molecule has 0 saturated heterocycles. The summed E-state index contributed by atoms with van der Waals surface area (Å²) >= 11 is 5.62. The highest BCUT2D eigenvalue weighted by atomic mass is 35.5. The van der Waals surface area contributed by atoms with Gasteiger partial charge in [0.05, 0.1) is 5.02 Å². The van der Waals surface area contributed by atoms with Gasteiger partial charge in [-0.3, -0.25) is 10.4 Å². The normalized spacial score (nSPS) is 11.3. The standard InChI is InChI=1S/C9H12ClFN4/c1-13-9(15-12)14-5-6-2-3-8(11)7(10)4-6/h2-4H,5,12H2,1H3,(H2,13,14,15). The van der Waals surface area contributed by atoms with Crippen molar-refractivity contribution in [2.24, 2.45) is 10.8 Å². The molecule has 15 heavy (non-hydrogen) atoms. The molecule has 0 aromatic heterocycles. The van der Waals surface area contributed by atoms with Crippen molar-refractivity contribution < 1.29 is 4.39 Å². The van der Waals surface area contributed by atoms with Crippen molar-refractivity contribution in [3.8, 4) is 0 Å². The third-order valence-corrected chi connectivity index (χ3v) is 2.09. The first kappa shape index (κ1) is 11.7. The van der Waals surface area contributed by atoms with E-state index in [0.29, 0.717) is 12.5 Å². The number of guanidine groups is 1. The predicted molar refractivity (Wildman–Crippen MR) is 58.9 cm³/mol. The Hall–Kier alpha value is -1.33. The lowest BCUT2D eigenvalue weighted by Gasteiger charge is -2.08. The Labute approximate surface area is 92.3 Å². The van der Waals surface area contributed by atoms with Crippen LogP contribution in [0.15, 0.2) is 23.2 Å². The van der Waals surface area contributed by atoms with Crippen molar-refractivity contribution in [1.82, 2.24) is 10.7 Å². The van der Waals surface area contributed by atoms with Crippen molar-refractivity contribution >= 4 is 17.6 Å². The van der Waals surface area contributed by atoms with Gasteiger partial charge in [-0.1, -0.05) is 17.7 Å². The third kappa shape index (κ3) is 3.38. The number of nitrogens with zero attached hydrogens (tertiary/aromatic N) is 1. The molecule has 0 aliphatic carbocycles. The van der Waals surface area contributed by atoms with Gasteiger partial charge < -0.3 is 5.32 Å². The van der Waals surface area contributed by atoms with E-state index in [4.69, 9.17) is 17.4 Å². The van der Waals surface area contributed by atoms with Crippen molar-refractivity contribution in [2.45, 2.75) is 6.54 Å². The molecule has 1 rings (SSSR count). The summed E-state index contributed by atoms with van der Waals surface area (Å²) in [5.41, 5.74) is 3.22. The molecule has 0 atom stereocenters. The van der Waals surface area contributed by atoms with E-state index in [0.717, 1.165) is 5.56 Å². The molecule has 0 aliphatic rings. The van der Waals surface area contributed by atoms with Gasteiger partial charge in [-0.2, -0.15) is 0 Å². The number of rotatable bonds is 2. The first-order valence-corrected chi connectivity index (χ1v) is 4.66. The van der Waals surface area contributed by atoms with E-state index in [1.165, 1.54) is 6.07 Å². The average Bonchev–Trinajstić information content (AvgIpc) is 2.24. The molecule has 82 valence electrons. The van der Waals surface area contributed by atoms with Crippen LogP contribution in [0.3, 0.4) is 0 Å². The van der Waals surface area contributed by atoms with E-state index in [9.17, 15) is 4.39 Å². The van der Waals surface area contributed by atoms with E-state index >= 15 is 0 Å². The summed E-state index contributed by atoms with van der Waals surface area (Å²) in [5.74, 6) is 5.20. The van der Waals surface area contributed by atoms with Crippen molar-refractivity contribution in [2.75, 3.05) is 7.05 Å². The quantitative estimate of drug-likeness (QED) is 0.308. The Morgan fingerprint density at radius 1 is 1.60 bits per heavy atom. The summed E-state index contributed by atoms with van der Waals surface area (Å²) < 4.78 is 12.8. The molecule has 0 fully saturated rings. The van der Waals surface area contributed by atoms with Crippen LogP contribution in [0.2, 0.25) is 5.02 Å². The summed E-state index contributed by atoms with van der Waals surface area (Å²) in [7, 11) is 1.60. The smallest absolute Gasteiger partial charge is 0.205 e. The Morgan fingerprint density at radius 3 is 2.87 bits per heavy atom. The fourth-order valence-electron chi connectivity index (χ4n) is 1.03. The van der Waals surface area contributed by atoms with Gasteiger partial charge in [-0.05, 0) is 17.7 Å². The summed E-state index contributed by atoms with van der Waals surface area (Å²) in [5, 5.41) is 3.02. The SMILES string of the molecule is CN=C(NN)NCc1ccc(F)c(Cl)c1. The van der Waals surface area contributed by atoms with Gasteiger partial charge >= 0.3 is 0 Å². The van der Waals surface area contributed by atoms with Gasteiger partial charge in [0.15, 0.2) is 0 Å². The van der Waals surface area contributed by atoms with Gasteiger partial charge in [0.1, 0.15) is 5.82 Å². The minimum Gasteiger partial charge on any atom is -0.351 e. The number of nitrogens with two attached hydrogens (primary N) is 1. The second-order valence-corrected chi connectivity index (χ2v) is 3.23. The number of nitrogens with one attached hydrogen (secondary N) is 2. The monoisotopic (exact) mass is 230 g/mol. The molecule has 0 radical (unpaired) electrons. The van der Waals surface area contributed by atoms with Gasteiger partial charge in [0.2, 0.25) is 5.96 Å². The van der Waals surface area contributed by atoms with Crippen molar-refractivity contribution in [3.05, 3.63) is 34.6 Å². The molecule has 6 heteroatoms. The van der Waals surface area contributed by atoms with E-state index in [1.807, 2.05) is 0 Å². The molecule has 0 saturated carbocycles. The molecule has 0 aliphatic heterocycles. The van der Waals surface area contributed by atoms with Crippen molar-refractivity contribution in [1.29, 1.82) is 0 Å². The van der Waals surface area contributed by atoms with Crippen LogP contribution in [0, 0.1) is 5.82 Å². The largest absolute Gasteiger partial charge is 0.351 e. The topological polar surface area (TPSA) is 62.4 Å². The minimum atomic E-state index is -0.429. The highest BCUT2D eigenvalue weighted by molar-refractivity contribution is 6.30. The predicted octanol–water partition coefficient (Wildman–Crippen LogP) is 1.02. The second-order valence-electron chi connectivity index (χ2n) is 2.82. The first-order valence-electron chi connectivity index (χ1n) is 4.28. The maximum Gasteiger partial charge on any atom is 0.205 e. The van der Waals surface area contributed by atoms with Crippen LogP contribution in [0.25, 0.3) is 0 Å². The summed E-state index contributed by atoms with van der Waals surface area (Å²) in [4.78, 5) is 3.82. The van der Waals surface area contributed by atoms with Crippen LogP contribution in [0.5, 0.6) is 0 Å². The van der Waals surface area contributed by atoms with E-state index < -0.39 is 5.82 Å². The number of benzene rings is 1. The molecule has 1 aromatic carbocycles. The van der Waals surface area contributed by atoms with E-state index in [1.54, 1.807) is 19.2 Å². The highest BCUT2D eigenvalue weighted by Gasteiger charge is 2.01. The van der Waals surface area contributed by atoms with Crippen LogP contribution < -0.4 is 16.6 Å². The lowest BCUT2D eigenvalue weighted by molar-refractivity contribution is 0.627. The molecular formula is C9H12ClFN4. The zero-order chi connectivity index (χ0) is 11.3. The summed E-state index contributed by atoms with van der Waals surface area (Å²) in [6, 6.07) is 4.50. The Balaban J connectivity index is 2.62. The minimum absolute atomic E-state index is 0.102. The average molecular weight is 231 g/mol. The maximum atomic E-state index is 12.8. The Bertz CT molecular complexity index is 367. The lowest BCUT2D eigenvalue weighted by atomic mass is 10.2. The molecule has 1 aromatic rings. The Kier molecular flexibility index (Phi) is 4.33. The zero-order valence-electron chi connectivity index (χ0n) is 8.22. The van der Waals surface area contributed by atoms with Crippen LogP contribution in [-0.4, -0.2) is 13.0 Å². The molecule has 0 spiro atoms. The van der Waals surface area contributed by atoms with E-state index in [2.05, 4.69) is 15.7 Å². The summed E-state index contributed by atoms with van der Waals surface area (Å²) in [6.07, 6.45) is 0. The first-order chi connectivity index (χ1) is 7.17. The van der Waals surface area contributed by atoms with Gasteiger partial charge in [0, 0.05) is 13.6 Å². The van der Waals surface area contributed by atoms with Crippen LogP contribution in [0.1, 0.15) is 5.56 Å². The number of halogens is 2. The van der Waals surface area contributed by atoms with Gasteiger partial charge in [0.25, 0.3) is 0 Å². The fraction of sp³-hybridized carbons (Fsp3) is 0.222. The van der Waals surface area contributed by atoms with Gasteiger partial charge in [-0.15, -0.1) is 0 Å². The second kappa shape index (κ2) is 5.53. The van der Waals surface area contributed by atoms with Crippen LogP contribution in [0.4, 0.5) is 4.39 Å². The van der Waals surface area contributed by atoms with Crippen molar-refractivity contribution in [3.63, 3.8) is 0 Å². The molecule has 0 bridgehead atoms. The molecular weight excluding hydrogens is 219 g/mol. The molecule has 4 N–H and O–H groups in total. The third-order valence-electron chi connectivity index (χ3n) is 1.80. The Morgan fingerprint density at radius 2 is 2.33 bits per heavy atom.